The van der Waals surface area contributed by atoms with Crippen LogP contribution in [0.25, 0.3) is 0 Å². The van der Waals surface area contributed by atoms with Crippen molar-refractivity contribution >= 4 is 0 Å². The Hall–Kier alpha value is -1.37. The molecule has 0 unspecified atom stereocenters. The average molecular weight is 274 g/mol. The third kappa shape index (κ3) is 6.18. The first-order chi connectivity index (χ1) is 9.59. The molecule has 0 radical (unpaired) electrons. The molecule has 0 atom stereocenters. The van der Waals surface area contributed by atoms with E-state index < -0.39 is 0 Å². The van der Waals surface area contributed by atoms with E-state index in [0.717, 1.165) is 26.1 Å². The van der Waals surface area contributed by atoms with Crippen LogP contribution in [0.15, 0.2) is 24.3 Å². The minimum absolute atomic E-state index is 0.157. The van der Waals surface area contributed by atoms with Crippen LogP contribution in [0.4, 0.5) is 0 Å². The van der Waals surface area contributed by atoms with Crippen molar-refractivity contribution in [2.24, 2.45) is 5.41 Å². The lowest BCUT2D eigenvalue weighted by Crippen LogP contribution is -2.29. The Morgan fingerprint density at radius 1 is 1.25 bits per heavy atom. The quantitative estimate of drug-likeness (QED) is 0.747. The Morgan fingerprint density at radius 2 is 1.95 bits per heavy atom. The van der Waals surface area contributed by atoms with Gasteiger partial charge in [-0.05, 0) is 29.9 Å². The van der Waals surface area contributed by atoms with Crippen molar-refractivity contribution in [2.75, 3.05) is 13.2 Å². The van der Waals surface area contributed by atoms with Gasteiger partial charge in [-0.3, -0.25) is 0 Å². The van der Waals surface area contributed by atoms with Crippen molar-refractivity contribution in [1.82, 2.24) is 5.32 Å². The van der Waals surface area contributed by atoms with Crippen LogP contribution in [0.3, 0.4) is 0 Å². The van der Waals surface area contributed by atoms with Gasteiger partial charge in [0.05, 0.1) is 12.7 Å². The molecule has 0 aliphatic heterocycles. The first-order valence-corrected chi connectivity index (χ1v) is 7.31. The topological polar surface area (TPSA) is 45.0 Å². The minimum atomic E-state index is 0.157. The highest BCUT2D eigenvalue weighted by Gasteiger charge is 2.16. The number of rotatable bonds is 9. The van der Waals surface area contributed by atoms with Crippen LogP contribution < -0.4 is 5.32 Å². The lowest BCUT2D eigenvalue weighted by Gasteiger charge is -2.24. The zero-order valence-corrected chi connectivity index (χ0v) is 12.9. The van der Waals surface area contributed by atoms with Gasteiger partial charge in [-0.15, -0.1) is 0 Å². The average Bonchev–Trinajstić information content (AvgIpc) is 2.44. The van der Waals surface area contributed by atoms with E-state index in [2.05, 4.69) is 49.5 Å². The van der Waals surface area contributed by atoms with Gasteiger partial charge in [-0.25, -0.2) is 0 Å². The van der Waals surface area contributed by atoms with Gasteiger partial charge >= 0.3 is 0 Å². The van der Waals surface area contributed by atoms with Crippen molar-refractivity contribution < 1.29 is 4.74 Å². The summed E-state index contributed by atoms with van der Waals surface area (Å²) in [6.07, 6.45) is 1.55. The van der Waals surface area contributed by atoms with E-state index in [0.29, 0.717) is 13.0 Å². The van der Waals surface area contributed by atoms with E-state index in [9.17, 15) is 0 Å². The molecule has 0 aliphatic rings. The monoisotopic (exact) mass is 274 g/mol. The lowest BCUT2D eigenvalue weighted by molar-refractivity contribution is 0.133. The third-order valence-electron chi connectivity index (χ3n) is 3.41. The molecule has 0 saturated carbocycles. The van der Waals surface area contributed by atoms with Crippen LogP contribution in [-0.2, 0) is 17.9 Å². The number of ether oxygens (including phenoxy) is 1. The second-order valence-corrected chi connectivity index (χ2v) is 5.83. The molecule has 0 saturated heterocycles. The van der Waals surface area contributed by atoms with Gasteiger partial charge in [0.15, 0.2) is 0 Å². The summed E-state index contributed by atoms with van der Waals surface area (Å²) in [5.74, 6) is 0. The standard InChI is InChI=1S/C17H26N2O/c1-4-20-13-16-9-6-5-8-15(16)12-19-14-17(2,3)10-7-11-18/h5-6,8-9,19H,4,7,10,12-14H2,1-3H3. The van der Waals surface area contributed by atoms with Crippen LogP contribution in [-0.4, -0.2) is 13.2 Å². The largest absolute Gasteiger partial charge is 0.377 e. The maximum Gasteiger partial charge on any atom is 0.0719 e. The molecule has 1 rings (SSSR count). The summed E-state index contributed by atoms with van der Waals surface area (Å²) in [6, 6.07) is 10.6. The van der Waals surface area contributed by atoms with Gasteiger partial charge in [0.25, 0.3) is 0 Å². The predicted molar refractivity (Wildman–Crippen MR) is 82.1 cm³/mol. The predicted octanol–water partition coefficient (Wildman–Crippen LogP) is 3.64. The van der Waals surface area contributed by atoms with Crippen LogP contribution in [0.2, 0.25) is 0 Å². The van der Waals surface area contributed by atoms with E-state index in [1.165, 1.54) is 11.1 Å². The first kappa shape index (κ1) is 16.7. The molecule has 0 aromatic heterocycles. The Labute approximate surface area is 123 Å². The summed E-state index contributed by atoms with van der Waals surface area (Å²) in [7, 11) is 0. The van der Waals surface area contributed by atoms with Gasteiger partial charge in [-0.2, -0.15) is 5.26 Å². The first-order valence-electron chi connectivity index (χ1n) is 7.31. The fraction of sp³-hybridized carbons (Fsp3) is 0.588. The fourth-order valence-corrected chi connectivity index (χ4v) is 2.10. The van der Waals surface area contributed by atoms with E-state index in [1.807, 2.05) is 6.92 Å². The Morgan fingerprint density at radius 3 is 2.60 bits per heavy atom. The smallest absolute Gasteiger partial charge is 0.0719 e. The lowest BCUT2D eigenvalue weighted by atomic mass is 9.88. The second-order valence-electron chi connectivity index (χ2n) is 5.83. The highest BCUT2D eigenvalue weighted by atomic mass is 16.5. The summed E-state index contributed by atoms with van der Waals surface area (Å²) in [5.41, 5.74) is 2.69. The maximum atomic E-state index is 8.67. The molecule has 1 N–H and O–H groups in total. The highest BCUT2D eigenvalue weighted by molar-refractivity contribution is 5.26. The molecular formula is C17H26N2O. The molecule has 110 valence electrons. The summed E-state index contributed by atoms with van der Waals surface area (Å²) in [5, 5.41) is 12.2. The number of hydrogen-bond acceptors (Lipinski definition) is 3. The maximum absolute atomic E-state index is 8.67. The fourth-order valence-electron chi connectivity index (χ4n) is 2.10. The van der Waals surface area contributed by atoms with Gasteiger partial charge in [0.2, 0.25) is 0 Å². The molecule has 1 aromatic carbocycles. The number of nitrogens with one attached hydrogen (secondary N) is 1. The Balaban J connectivity index is 2.47. The molecule has 3 nitrogen and oxygen atoms in total. The van der Waals surface area contributed by atoms with E-state index >= 15 is 0 Å². The third-order valence-corrected chi connectivity index (χ3v) is 3.41. The highest BCUT2D eigenvalue weighted by Crippen LogP contribution is 2.21. The van der Waals surface area contributed by atoms with Crippen LogP contribution in [0, 0.1) is 16.7 Å². The molecule has 0 spiro atoms. The van der Waals surface area contributed by atoms with Crippen molar-refractivity contribution in [3.05, 3.63) is 35.4 Å². The summed E-state index contributed by atoms with van der Waals surface area (Å²) in [4.78, 5) is 0. The van der Waals surface area contributed by atoms with Crippen molar-refractivity contribution in [3.8, 4) is 6.07 Å². The zero-order chi connectivity index (χ0) is 14.8. The van der Waals surface area contributed by atoms with Crippen molar-refractivity contribution in [1.29, 1.82) is 5.26 Å². The van der Waals surface area contributed by atoms with E-state index in [4.69, 9.17) is 10.00 Å². The molecular weight excluding hydrogens is 248 g/mol. The van der Waals surface area contributed by atoms with Crippen molar-refractivity contribution in [2.45, 2.75) is 46.8 Å². The molecule has 3 heteroatoms. The molecule has 0 fully saturated rings. The van der Waals surface area contributed by atoms with E-state index in [1.54, 1.807) is 0 Å². The molecule has 20 heavy (non-hydrogen) atoms. The molecule has 0 amide bonds. The summed E-state index contributed by atoms with van der Waals surface area (Å²) in [6.45, 7) is 9.58. The van der Waals surface area contributed by atoms with Gasteiger partial charge in [0.1, 0.15) is 0 Å². The zero-order valence-electron chi connectivity index (χ0n) is 12.9. The molecule has 0 heterocycles. The number of hydrogen-bond donors (Lipinski definition) is 1. The van der Waals surface area contributed by atoms with Crippen LogP contribution >= 0.6 is 0 Å². The normalized spacial score (nSPS) is 11.3. The van der Waals surface area contributed by atoms with Gasteiger partial charge < -0.3 is 10.1 Å². The summed E-state index contributed by atoms with van der Waals surface area (Å²) >= 11 is 0. The van der Waals surface area contributed by atoms with E-state index in [-0.39, 0.29) is 5.41 Å². The molecule has 0 bridgehead atoms. The Kier molecular flexibility index (Phi) is 7.28. The van der Waals surface area contributed by atoms with Crippen LogP contribution in [0.5, 0.6) is 0 Å². The number of benzene rings is 1. The van der Waals surface area contributed by atoms with Crippen molar-refractivity contribution in [3.63, 3.8) is 0 Å². The minimum Gasteiger partial charge on any atom is -0.377 e. The summed E-state index contributed by atoms with van der Waals surface area (Å²) < 4.78 is 5.50. The Bertz CT molecular complexity index is 435. The number of nitriles is 1. The van der Waals surface area contributed by atoms with Gasteiger partial charge in [0, 0.05) is 26.1 Å². The second kappa shape index (κ2) is 8.73. The van der Waals surface area contributed by atoms with Crippen LogP contribution in [0.1, 0.15) is 44.7 Å². The van der Waals surface area contributed by atoms with Gasteiger partial charge in [-0.1, -0.05) is 38.1 Å². The number of nitrogens with zero attached hydrogens (tertiary/aromatic N) is 1. The SMILES string of the molecule is CCOCc1ccccc1CNCC(C)(C)CCC#N. The molecule has 0 aliphatic carbocycles. The molecule has 1 aromatic rings.